The van der Waals surface area contributed by atoms with Gasteiger partial charge < -0.3 is 15.1 Å². The summed E-state index contributed by atoms with van der Waals surface area (Å²) in [4.78, 5) is 14.0. The van der Waals surface area contributed by atoms with Crippen molar-refractivity contribution in [3.63, 3.8) is 0 Å². The van der Waals surface area contributed by atoms with Crippen LogP contribution >= 0.6 is 0 Å². The van der Waals surface area contributed by atoms with Gasteiger partial charge in [-0.3, -0.25) is 0 Å². The summed E-state index contributed by atoms with van der Waals surface area (Å²) in [6.45, 7) is 0. The highest BCUT2D eigenvalue weighted by molar-refractivity contribution is 5.94. The molecule has 0 unspecified atom stereocenters. The fourth-order valence-electron chi connectivity index (χ4n) is 3.61. The molecule has 0 aromatic heterocycles. The van der Waals surface area contributed by atoms with E-state index in [-0.39, 0.29) is 0 Å². The van der Waals surface area contributed by atoms with Crippen LogP contribution in [-0.4, -0.2) is 62.0 Å². The molecule has 0 atom stereocenters. The second-order valence-corrected chi connectivity index (χ2v) is 7.42. The minimum Gasteiger partial charge on any atom is -0.352 e. The molecule has 132 valence electrons. The predicted octanol–water partition coefficient (Wildman–Crippen LogP) is 3.08. The summed E-state index contributed by atoms with van der Waals surface area (Å²) < 4.78 is 0. The Labute approximate surface area is 142 Å². The fraction of sp³-hybridized carbons (Fsp3) is 0.889. The second-order valence-electron chi connectivity index (χ2n) is 7.42. The maximum absolute atomic E-state index is 5.00. The topological polar surface area (TPSA) is 43.2 Å². The zero-order chi connectivity index (χ0) is 16.7. The average molecular weight is 322 g/mol. The molecule has 0 heterocycles. The van der Waals surface area contributed by atoms with Crippen LogP contribution in [0.5, 0.6) is 0 Å². The molecule has 0 amide bonds. The summed E-state index contributed by atoms with van der Waals surface area (Å²) in [5.41, 5.74) is 0. The normalized spacial score (nSPS) is 21.0. The Bertz CT molecular complexity index is 392. The van der Waals surface area contributed by atoms with Gasteiger partial charge in [0.1, 0.15) is 0 Å². The van der Waals surface area contributed by atoms with Gasteiger partial charge in [-0.2, -0.15) is 4.99 Å². The largest absolute Gasteiger partial charge is 0.352 e. The second kappa shape index (κ2) is 9.14. The fourth-order valence-corrected chi connectivity index (χ4v) is 3.61. The van der Waals surface area contributed by atoms with Gasteiger partial charge >= 0.3 is 0 Å². The van der Waals surface area contributed by atoms with Gasteiger partial charge in [-0.1, -0.05) is 38.5 Å². The van der Waals surface area contributed by atoms with Gasteiger partial charge in [0.2, 0.25) is 11.9 Å². The van der Waals surface area contributed by atoms with Crippen LogP contribution in [0.3, 0.4) is 0 Å². The van der Waals surface area contributed by atoms with Crippen LogP contribution in [0.4, 0.5) is 0 Å². The SMILES string of the molecule is CN(C)C(=NC(=NC1CCCCC1)NC1CCCCC1)N(C)C. The van der Waals surface area contributed by atoms with Gasteiger partial charge in [-0.15, -0.1) is 0 Å². The Morgan fingerprint density at radius 2 is 1.30 bits per heavy atom. The highest BCUT2D eigenvalue weighted by Gasteiger charge is 2.18. The molecule has 0 aliphatic heterocycles. The monoisotopic (exact) mass is 321 g/mol. The van der Waals surface area contributed by atoms with E-state index in [1.165, 1.54) is 64.2 Å². The smallest absolute Gasteiger partial charge is 0.221 e. The third-order valence-electron chi connectivity index (χ3n) is 4.82. The summed E-state index contributed by atoms with van der Waals surface area (Å²) in [5.74, 6) is 1.80. The van der Waals surface area contributed by atoms with Crippen molar-refractivity contribution in [2.45, 2.75) is 76.3 Å². The Morgan fingerprint density at radius 1 is 0.783 bits per heavy atom. The van der Waals surface area contributed by atoms with Crippen LogP contribution < -0.4 is 5.32 Å². The highest BCUT2D eigenvalue weighted by atomic mass is 15.4. The van der Waals surface area contributed by atoms with Crippen molar-refractivity contribution in [1.82, 2.24) is 15.1 Å². The van der Waals surface area contributed by atoms with Crippen LogP contribution in [-0.2, 0) is 0 Å². The Hall–Kier alpha value is -1.26. The molecule has 0 saturated heterocycles. The van der Waals surface area contributed by atoms with Crippen LogP contribution in [0.2, 0.25) is 0 Å². The standard InChI is InChI=1S/C18H35N5/c1-22(2)18(23(3)4)21-17(19-15-11-7-5-8-12-15)20-16-13-9-6-10-14-16/h15-16H,5-14H2,1-4H3,(H,19,20). The van der Waals surface area contributed by atoms with Crippen LogP contribution in [0.1, 0.15) is 64.2 Å². The zero-order valence-corrected chi connectivity index (χ0v) is 15.5. The summed E-state index contributed by atoms with van der Waals surface area (Å²) in [6, 6.07) is 0.990. The van der Waals surface area contributed by atoms with E-state index in [2.05, 4.69) is 15.1 Å². The van der Waals surface area contributed by atoms with Crippen molar-refractivity contribution in [2.24, 2.45) is 9.98 Å². The number of nitrogens with zero attached hydrogens (tertiary/aromatic N) is 4. The molecule has 5 nitrogen and oxygen atoms in total. The molecule has 0 spiro atoms. The van der Waals surface area contributed by atoms with Gasteiger partial charge in [-0.25, -0.2) is 4.99 Å². The summed E-state index contributed by atoms with van der Waals surface area (Å²) >= 11 is 0. The average Bonchev–Trinajstić information content (AvgIpc) is 2.53. The van der Waals surface area contributed by atoms with E-state index in [1.807, 2.05) is 28.2 Å². The number of hydrogen-bond acceptors (Lipinski definition) is 1. The Balaban J connectivity index is 2.14. The Kier molecular flexibility index (Phi) is 7.18. The lowest BCUT2D eigenvalue weighted by Gasteiger charge is -2.27. The predicted molar refractivity (Wildman–Crippen MR) is 99.1 cm³/mol. The first-order valence-corrected chi connectivity index (χ1v) is 9.34. The maximum atomic E-state index is 5.00. The molecule has 5 heteroatoms. The molecule has 2 aliphatic rings. The summed E-state index contributed by atoms with van der Waals surface area (Å²) in [7, 11) is 8.16. The van der Waals surface area contributed by atoms with Gasteiger partial charge in [0.25, 0.3) is 0 Å². The van der Waals surface area contributed by atoms with Crippen molar-refractivity contribution in [2.75, 3.05) is 28.2 Å². The molecule has 0 aromatic rings. The molecule has 0 radical (unpaired) electrons. The Morgan fingerprint density at radius 3 is 1.83 bits per heavy atom. The van der Waals surface area contributed by atoms with E-state index in [0.29, 0.717) is 12.1 Å². The van der Waals surface area contributed by atoms with E-state index in [0.717, 1.165) is 11.9 Å². The third kappa shape index (κ3) is 6.04. The van der Waals surface area contributed by atoms with E-state index < -0.39 is 0 Å². The lowest BCUT2D eigenvalue weighted by molar-refractivity contribution is 0.406. The summed E-state index contributed by atoms with van der Waals surface area (Å²) in [5, 5.41) is 3.65. The quantitative estimate of drug-likeness (QED) is 0.628. The maximum Gasteiger partial charge on any atom is 0.221 e. The van der Waals surface area contributed by atoms with Crippen LogP contribution in [0, 0.1) is 0 Å². The molecular formula is C18H35N5. The molecule has 2 rings (SSSR count). The number of guanidine groups is 2. The molecule has 2 saturated carbocycles. The van der Waals surface area contributed by atoms with Crippen molar-refractivity contribution in [3.05, 3.63) is 0 Å². The molecule has 23 heavy (non-hydrogen) atoms. The molecular weight excluding hydrogens is 286 g/mol. The lowest BCUT2D eigenvalue weighted by Crippen LogP contribution is -2.41. The van der Waals surface area contributed by atoms with E-state index in [4.69, 9.17) is 9.98 Å². The van der Waals surface area contributed by atoms with Gasteiger partial charge in [0.15, 0.2) is 0 Å². The number of rotatable bonds is 2. The molecule has 0 bridgehead atoms. The van der Waals surface area contributed by atoms with E-state index >= 15 is 0 Å². The van der Waals surface area contributed by atoms with Gasteiger partial charge in [0.05, 0.1) is 6.04 Å². The molecule has 2 fully saturated rings. The molecule has 2 aliphatic carbocycles. The van der Waals surface area contributed by atoms with Crippen molar-refractivity contribution >= 4 is 11.9 Å². The number of nitrogens with one attached hydrogen (secondary N) is 1. The summed E-state index contributed by atoms with van der Waals surface area (Å²) in [6.07, 6.45) is 12.9. The first-order valence-electron chi connectivity index (χ1n) is 9.34. The van der Waals surface area contributed by atoms with Crippen molar-refractivity contribution in [1.29, 1.82) is 0 Å². The van der Waals surface area contributed by atoms with Crippen molar-refractivity contribution in [3.8, 4) is 0 Å². The third-order valence-corrected chi connectivity index (χ3v) is 4.82. The first-order chi connectivity index (χ1) is 11.1. The zero-order valence-electron chi connectivity index (χ0n) is 15.5. The number of aliphatic imine (C=N–C) groups is 2. The van der Waals surface area contributed by atoms with Gasteiger partial charge in [-0.05, 0) is 25.7 Å². The minimum absolute atomic E-state index is 0.448. The minimum atomic E-state index is 0.448. The molecule has 1 N–H and O–H groups in total. The van der Waals surface area contributed by atoms with E-state index in [1.54, 1.807) is 0 Å². The molecule has 0 aromatic carbocycles. The van der Waals surface area contributed by atoms with Gasteiger partial charge in [0, 0.05) is 34.2 Å². The highest BCUT2D eigenvalue weighted by Crippen LogP contribution is 2.21. The van der Waals surface area contributed by atoms with Crippen molar-refractivity contribution < 1.29 is 0 Å². The lowest BCUT2D eigenvalue weighted by atomic mass is 9.95. The van der Waals surface area contributed by atoms with Crippen LogP contribution in [0.15, 0.2) is 9.98 Å². The number of hydrogen-bond donors (Lipinski definition) is 1. The first kappa shape index (κ1) is 18.1. The van der Waals surface area contributed by atoms with E-state index in [9.17, 15) is 0 Å². The van der Waals surface area contributed by atoms with Crippen LogP contribution in [0.25, 0.3) is 0 Å².